The Bertz CT molecular complexity index is 421. The summed E-state index contributed by atoms with van der Waals surface area (Å²) in [6.45, 7) is 5.12. The summed E-state index contributed by atoms with van der Waals surface area (Å²) in [5.41, 5.74) is 1.23. The molecule has 1 N–H and O–H groups in total. The summed E-state index contributed by atoms with van der Waals surface area (Å²) in [5.74, 6) is -0.465. The molecule has 0 radical (unpaired) electrons. The molecule has 2 aliphatic heterocycles. The van der Waals surface area contributed by atoms with Gasteiger partial charge in [0, 0.05) is 6.04 Å². The van der Waals surface area contributed by atoms with Crippen molar-refractivity contribution in [2.24, 2.45) is 0 Å². The molecule has 0 amide bonds. The molecule has 0 bridgehead atoms. The summed E-state index contributed by atoms with van der Waals surface area (Å²) in [5, 5.41) is 3.37. The van der Waals surface area contributed by atoms with Crippen molar-refractivity contribution in [3.63, 3.8) is 0 Å². The van der Waals surface area contributed by atoms with Crippen molar-refractivity contribution < 1.29 is 14.2 Å². The molecule has 19 heavy (non-hydrogen) atoms. The first-order valence-corrected chi connectivity index (χ1v) is 6.86. The minimum absolute atomic E-state index is 0.102. The van der Waals surface area contributed by atoms with Crippen molar-refractivity contribution >= 4 is 0 Å². The molecule has 0 aromatic heterocycles. The van der Waals surface area contributed by atoms with E-state index in [1.165, 1.54) is 5.56 Å². The van der Waals surface area contributed by atoms with Gasteiger partial charge in [0.05, 0.1) is 25.5 Å². The van der Waals surface area contributed by atoms with Gasteiger partial charge in [-0.25, -0.2) is 0 Å². The van der Waals surface area contributed by atoms with Gasteiger partial charge in [-0.1, -0.05) is 30.3 Å². The van der Waals surface area contributed by atoms with Gasteiger partial charge in [-0.05, 0) is 25.8 Å². The zero-order chi connectivity index (χ0) is 13.3. The van der Waals surface area contributed by atoms with Crippen molar-refractivity contribution in [1.82, 2.24) is 5.32 Å². The molecule has 2 saturated heterocycles. The van der Waals surface area contributed by atoms with E-state index < -0.39 is 5.79 Å². The molecule has 4 heteroatoms. The Morgan fingerprint density at radius 3 is 2.68 bits per heavy atom. The second kappa shape index (κ2) is 5.21. The number of nitrogens with one attached hydrogen (secondary N) is 1. The number of hydrogen-bond acceptors (Lipinski definition) is 4. The van der Waals surface area contributed by atoms with E-state index in [0.717, 1.165) is 6.42 Å². The van der Waals surface area contributed by atoms with Crippen LogP contribution in [-0.2, 0) is 14.2 Å². The molecule has 0 unspecified atom stereocenters. The second-order valence-electron chi connectivity index (χ2n) is 5.62. The van der Waals surface area contributed by atoms with Crippen LogP contribution in [0.1, 0.15) is 31.9 Å². The van der Waals surface area contributed by atoms with Crippen LogP contribution in [0, 0.1) is 0 Å². The molecule has 3 atom stereocenters. The van der Waals surface area contributed by atoms with E-state index in [9.17, 15) is 0 Å². The van der Waals surface area contributed by atoms with Crippen LogP contribution in [0.2, 0.25) is 0 Å². The highest BCUT2D eigenvalue weighted by Crippen LogP contribution is 2.31. The molecule has 2 aliphatic rings. The maximum Gasteiger partial charge on any atom is 0.163 e. The van der Waals surface area contributed by atoms with Gasteiger partial charge >= 0.3 is 0 Å². The number of rotatable bonds is 2. The average Bonchev–Trinajstić information content (AvgIpc) is 2.80. The van der Waals surface area contributed by atoms with Crippen molar-refractivity contribution in [1.29, 1.82) is 0 Å². The number of hydrogen-bond donors (Lipinski definition) is 1. The molecule has 1 aromatic rings. The molecule has 2 heterocycles. The van der Waals surface area contributed by atoms with Gasteiger partial charge in [-0.2, -0.15) is 0 Å². The first-order chi connectivity index (χ1) is 9.14. The summed E-state index contributed by atoms with van der Waals surface area (Å²) in [6.07, 6.45) is 1.15. The molecule has 3 rings (SSSR count). The van der Waals surface area contributed by atoms with Crippen molar-refractivity contribution in [3.8, 4) is 0 Å². The summed E-state index contributed by atoms with van der Waals surface area (Å²) in [6, 6.07) is 10.6. The van der Waals surface area contributed by atoms with E-state index in [-0.39, 0.29) is 18.2 Å². The third kappa shape index (κ3) is 2.98. The standard InChI is InChI=1S/C15H21NO3/c1-15(2)18-9-14(19-15)12-8-13(17-10-16-12)11-6-4-3-5-7-11/h3-7,12-14,16H,8-10H2,1-2H3/t12-,13+,14+/m1/s1. The van der Waals surface area contributed by atoms with Crippen LogP contribution in [-0.4, -0.2) is 31.3 Å². The van der Waals surface area contributed by atoms with Gasteiger partial charge in [0.25, 0.3) is 0 Å². The van der Waals surface area contributed by atoms with E-state index in [4.69, 9.17) is 14.2 Å². The highest BCUT2D eigenvalue weighted by Gasteiger charge is 2.39. The van der Waals surface area contributed by atoms with Crippen molar-refractivity contribution in [3.05, 3.63) is 35.9 Å². The van der Waals surface area contributed by atoms with E-state index in [1.54, 1.807) is 0 Å². The monoisotopic (exact) mass is 263 g/mol. The quantitative estimate of drug-likeness (QED) is 0.888. The molecule has 2 fully saturated rings. The van der Waals surface area contributed by atoms with E-state index >= 15 is 0 Å². The first kappa shape index (κ1) is 13.1. The minimum Gasteiger partial charge on any atom is -0.358 e. The van der Waals surface area contributed by atoms with Gasteiger partial charge < -0.3 is 14.2 Å². The Balaban J connectivity index is 1.66. The molecular weight excluding hydrogens is 242 g/mol. The Morgan fingerprint density at radius 2 is 2.00 bits per heavy atom. The fourth-order valence-electron chi connectivity index (χ4n) is 2.73. The summed E-state index contributed by atoms with van der Waals surface area (Å²) >= 11 is 0. The van der Waals surface area contributed by atoms with E-state index in [0.29, 0.717) is 13.3 Å². The normalized spacial score (nSPS) is 34.3. The predicted molar refractivity (Wildman–Crippen MR) is 71.6 cm³/mol. The van der Waals surface area contributed by atoms with Crippen LogP contribution in [0.4, 0.5) is 0 Å². The zero-order valence-corrected chi connectivity index (χ0v) is 11.5. The Morgan fingerprint density at radius 1 is 1.21 bits per heavy atom. The van der Waals surface area contributed by atoms with Crippen LogP contribution < -0.4 is 5.32 Å². The molecular formula is C15H21NO3. The fraction of sp³-hybridized carbons (Fsp3) is 0.600. The largest absolute Gasteiger partial charge is 0.358 e. The van der Waals surface area contributed by atoms with Crippen molar-refractivity contribution in [2.75, 3.05) is 13.3 Å². The van der Waals surface area contributed by atoms with Crippen LogP contribution in [0.15, 0.2) is 30.3 Å². The Labute approximate surface area is 114 Å². The maximum absolute atomic E-state index is 5.93. The Kier molecular flexibility index (Phi) is 3.58. The highest BCUT2D eigenvalue weighted by atomic mass is 16.7. The highest BCUT2D eigenvalue weighted by molar-refractivity contribution is 5.18. The lowest BCUT2D eigenvalue weighted by molar-refractivity contribution is -0.147. The van der Waals surface area contributed by atoms with Crippen LogP contribution in [0.3, 0.4) is 0 Å². The number of ether oxygens (including phenoxy) is 3. The predicted octanol–water partition coefficient (Wildman–Crippen LogP) is 2.22. The van der Waals surface area contributed by atoms with Gasteiger partial charge in [0.2, 0.25) is 0 Å². The van der Waals surface area contributed by atoms with Gasteiger partial charge in [0.1, 0.15) is 0 Å². The zero-order valence-electron chi connectivity index (χ0n) is 11.5. The third-order valence-corrected chi connectivity index (χ3v) is 3.75. The van der Waals surface area contributed by atoms with Gasteiger partial charge in [-0.3, -0.25) is 5.32 Å². The molecule has 104 valence electrons. The maximum atomic E-state index is 5.93. The Hall–Kier alpha value is -0.940. The summed E-state index contributed by atoms with van der Waals surface area (Å²) < 4.78 is 17.4. The van der Waals surface area contributed by atoms with Crippen LogP contribution in [0.5, 0.6) is 0 Å². The smallest absolute Gasteiger partial charge is 0.163 e. The SMILES string of the molecule is CC1(C)OC[C@@H]([C@H]2C[C@@H](c3ccccc3)OCN2)O1. The third-order valence-electron chi connectivity index (χ3n) is 3.75. The van der Waals surface area contributed by atoms with E-state index in [2.05, 4.69) is 17.4 Å². The molecule has 0 aliphatic carbocycles. The summed E-state index contributed by atoms with van der Waals surface area (Å²) in [7, 11) is 0. The molecule has 0 spiro atoms. The summed E-state index contributed by atoms with van der Waals surface area (Å²) in [4.78, 5) is 0. The minimum atomic E-state index is -0.465. The number of benzene rings is 1. The molecule has 4 nitrogen and oxygen atoms in total. The topological polar surface area (TPSA) is 39.7 Å². The average molecular weight is 263 g/mol. The molecule has 1 aromatic carbocycles. The van der Waals surface area contributed by atoms with E-state index in [1.807, 2.05) is 32.0 Å². The molecule has 0 saturated carbocycles. The van der Waals surface area contributed by atoms with Gasteiger partial charge in [0.15, 0.2) is 5.79 Å². The van der Waals surface area contributed by atoms with Crippen LogP contribution in [0.25, 0.3) is 0 Å². The second-order valence-corrected chi connectivity index (χ2v) is 5.62. The lowest BCUT2D eigenvalue weighted by Gasteiger charge is -2.33. The van der Waals surface area contributed by atoms with Crippen LogP contribution >= 0.6 is 0 Å². The first-order valence-electron chi connectivity index (χ1n) is 6.86. The van der Waals surface area contributed by atoms with Crippen molar-refractivity contribution in [2.45, 2.75) is 44.3 Å². The lowest BCUT2D eigenvalue weighted by Crippen LogP contribution is -2.47. The van der Waals surface area contributed by atoms with Gasteiger partial charge in [-0.15, -0.1) is 0 Å². The fourth-order valence-corrected chi connectivity index (χ4v) is 2.73. The lowest BCUT2D eigenvalue weighted by atomic mass is 9.97.